The molecule has 18 heavy (non-hydrogen) atoms. The molecule has 1 aromatic carbocycles. The van der Waals surface area contributed by atoms with Crippen molar-refractivity contribution in [3.8, 4) is 6.07 Å². The van der Waals surface area contributed by atoms with E-state index in [1.54, 1.807) is 0 Å². The standard InChI is InChI=1S/C12H6Cl2FN3/c13-8-1-2-9(15)10(5-8)17-12-4-7(6-16)3-11(14)18-12/h1-5H,(H,17,18). The summed E-state index contributed by atoms with van der Waals surface area (Å²) in [5, 5.41) is 12.1. The zero-order valence-electron chi connectivity index (χ0n) is 8.92. The Bertz CT molecular complexity index is 638. The second-order valence-electron chi connectivity index (χ2n) is 3.42. The van der Waals surface area contributed by atoms with Crippen molar-refractivity contribution < 1.29 is 4.39 Å². The monoisotopic (exact) mass is 281 g/mol. The van der Waals surface area contributed by atoms with E-state index in [0.717, 1.165) is 0 Å². The molecule has 0 spiro atoms. The average molecular weight is 282 g/mol. The Labute approximate surface area is 113 Å². The molecule has 3 nitrogen and oxygen atoms in total. The van der Waals surface area contributed by atoms with Crippen LogP contribution in [0.15, 0.2) is 30.3 Å². The van der Waals surface area contributed by atoms with Gasteiger partial charge < -0.3 is 5.32 Å². The number of nitriles is 1. The lowest BCUT2D eigenvalue weighted by molar-refractivity contribution is 0.632. The number of anilines is 2. The minimum Gasteiger partial charge on any atom is -0.338 e. The Kier molecular flexibility index (Phi) is 3.66. The van der Waals surface area contributed by atoms with Crippen LogP contribution >= 0.6 is 23.2 Å². The molecular formula is C12H6Cl2FN3. The maximum atomic E-state index is 13.5. The molecular weight excluding hydrogens is 276 g/mol. The molecule has 0 amide bonds. The highest BCUT2D eigenvalue weighted by Crippen LogP contribution is 2.24. The van der Waals surface area contributed by atoms with Gasteiger partial charge in [-0.25, -0.2) is 9.37 Å². The van der Waals surface area contributed by atoms with Crippen molar-refractivity contribution in [3.63, 3.8) is 0 Å². The molecule has 0 radical (unpaired) electrons. The molecule has 0 aliphatic heterocycles. The van der Waals surface area contributed by atoms with Gasteiger partial charge in [0.1, 0.15) is 16.8 Å². The van der Waals surface area contributed by atoms with Crippen LogP contribution < -0.4 is 5.32 Å². The first-order valence-electron chi connectivity index (χ1n) is 4.88. The van der Waals surface area contributed by atoms with E-state index >= 15 is 0 Å². The van der Waals surface area contributed by atoms with Crippen molar-refractivity contribution in [3.05, 3.63) is 51.9 Å². The number of nitrogens with zero attached hydrogens (tertiary/aromatic N) is 2. The molecule has 0 saturated heterocycles. The maximum absolute atomic E-state index is 13.5. The number of aromatic nitrogens is 1. The minimum absolute atomic E-state index is 0.152. The fourth-order valence-electron chi connectivity index (χ4n) is 1.36. The van der Waals surface area contributed by atoms with Crippen molar-refractivity contribution >= 4 is 34.7 Å². The predicted molar refractivity (Wildman–Crippen MR) is 68.7 cm³/mol. The molecule has 1 N–H and O–H groups in total. The molecule has 0 aliphatic rings. The highest BCUT2D eigenvalue weighted by atomic mass is 35.5. The lowest BCUT2D eigenvalue weighted by Gasteiger charge is -2.07. The first-order chi connectivity index (χ1) is 8.58. The fraction of sp³-hybridized carbons (Fsp3) is 0. The molecule has 0 atom stereocenters. The molecule has 2 aromatic rings. The number of hydrogen-bond acceptors (Lipinski definition) is 3. The number of benzene rings is 1. The van der Waals surface area contributed by atoms with E-state index in [9.17, 15) is 4.39 Å². The quantitative estimate of drug-likeness (QED) is 0.842. The summed E-state index contributed by atoms with van der Waals surface area (Å²) in [5.41, 5.74) is 0.501. The topological polar surface area (TPSA) is 48.7 Å². The summed E-state index contributed by atoms with van der Waals surface area (Å²) in [6.07, 6.45) is 0. The Morgan fingerprint density at radius 1 is 1.22 bits per heavy atom. The summed E-state index contributed by atoms with van der Waals surface area (Å²) in [6, 6.07) is 8.92. The van der Waals surface area contributed by atoms with Crippen LogP contribution in [0, 0.1) is 17.1 Å². The Morgan fingerprint density at radius 2 is 2.00 bits per heavy atom. The van der Waals surface area contributed by atoms with Gasteiger partial charge in [0, 0.05) is 5.02 Å². The number of pyridine rings is 1. The van der Waals surface area contributed by atoms with Gasteiger partial charge in [-0.2, -0.15) is 5.26 Å². The molecule has 90 valence electrons. The number of halogens is 3. The smallest absolute Gasteiger partial charge is 0.146 e. The van der Waals surface area contributed by atoms with Crippen LogP contribution in [0.5, 0.6) is 0 Å². The van der Waals surface area contributed by atoms with Crippen LogP contribution in [-0.2, 0) is 0 Å². The summed E-state index contributed by atoms with van der Waals surface area (Å²) in [5.74, 6) is -0.195. The number of hydrogen-bond donors (Lipinski definition) is 1. The SMILES string of the molecule is N#Cc1cc(Cl)nc(Nc2cc(Cl)ccc2F)c1. The van der Waals surface area contributed by atoms with Crippen molar-refractivity contribution in [2.24, 2.45) is 0 Å². The Morgan fingerprint density at radius 3 is 2.72 bits per heavy atom. The molecule has 0 unspecified atom stereocenters. The third-order valence-corrected chi connectivity index (χ3v) is 2.54. The highest BCUT2D eigenvalue weighted by molar-refractivity contribution is 6.31. The van der Waals surface area contributed by atoms with Gasteiger partial charge in [0.25, 0.3) is 0 Å². The number of rotatable bonds is 2. The molecule has 0 fully saturated rings. The molecule has 0 bridgehead atoms. The Hall–Kier alpha value is -1.83. The molecule has 1 heterocycles. The molecule has 6 heteroatoms. The zero-order valence-corrected chi connectivity index (χ0v) is 10.4. The van der Waals surface area contributed by atoms with E-state index < -0.39 is 5.82 Å². The van der Waals surface area contributed by atoms with Gasteiger partial charge in [0.15, 0.2) is 0 Å². The molecule has 1 aromatic heterocycles. The predicted octanol–water partition coefficient (Wildman–Crippen LogP) is 4.14. The van der Waals surface area contributed by atoms with E-state index in [1.807, 2.05) is 6.07 Å². The average Bonchev–Trinajstić information content (AvgIpc) is 2.33. The summed E-state index contributed by atoms with van der Waals surface area (Å²) >= 11 is 11.5. The van der Waals surface area contributed by atoms with Crippen molar-refractivity contribution in [2.75, 3.05) is 5.32 Å². The van der Waals surface area contributed by atoms with Gasteiger partial charge in [-0.05, 0) is 30.3 Å². The second-order valence-corrected chi connectivity index (χ2v) is 4.25. The largest absolute Gasteiger partial charge is 0.338 e. The fourth-order valence-corrected chi connectivity index (χ4v) is 1.74. The lowest BCUT2D eigenvalue weighted by Crippen LogP contribution is -1.97. The third-order valence-electron chi connectivity index (χ3n) is 2.11. The first-order valence-corrected chi connectivity index (χ1v) is 5.64. The molecule has 0 aliphatic carbocycles. The van der Waals surface area contributed by atoms with Crippen LogP contribution in [0.2, 0.25) is 10.2 Å². The van der Waals surface area contributed by atoms with Crippen LogP contribution in [0.25, 0.3) is 0 Å². The first kappa shape index (κ1) is 12.6. The third kappa shape index (κ3) is 2.89. The van der Waals surface area contributed by atoms with Gasteiger partial charge in [0.2, 0.25) is 0 Å². The van der Waals surface area contributed by atoms with E-state index in [-0.39, 0.29) is 16.7 Å². The van der Waals surface area contributed by atoms with Gasteiger partial charge in [0.05, 0.1) is 17.3 Å². The second kappa shape index (κ2) is 5.21. The Balaban J connectivity index is 2.37. The summed E-state index contributed by atoms with van der Waals surface area (Å²) in [7, 11) is 0. The van der Waals surface area contributed by atoms with Crippen LogP contribution in [0.1, 0.15) is 5.56 Å². The zero-order chi connectivity index (χ0) is 13.1. The van der Waals surface area contributed by atoms with Crippen molar-refractivity contribution in [1.29, 1.82) is 5.26 Å². The molecule has 0 saturated carbocycles. The van der Waals surface area contributed by atoms with Gasteiger partial charge in [-0.15, -0.1) is 0 Å². The highest BCUT2D eigenvalue weighted by Gasteiger charge is 2.06. The van der Waals surface area contributed by atoms with E-state index in [4.69, 9.17) is 28.5 Å². The van der Waals surface area contributed by atoms with Crippen LogP contribution in [0.4, 0.5) is 15.9 Å². The lowest BCUT2D eigenvalue weighted by atomic mass is 10.2. The van der Waals surface area contributed by atoms with Crippen LogP contribution in [-0.4, -0.2) is 4.98 Å². The van der Waals surface area contributed by atoms with Crippen molar-refractivity contribution in [1.82, 2.24) is 4.98 Å². The summed E-state index contributed by atoms with van der Waals surface area (Å²) in [4.78, 5) is 3.94. The maximum Gasteiger partial charge on any atom is 0.146 e. The van der Waals surface area contributed by atoms with Crippen LogP contribution in [0.3, 0.4) is 0 Å². The van der Waals surface area contributed by atoms with E-state index in [0.29, 0.717) is 10.6 Å². The van der Waals surface area contributed by atoms with Gasteiger partial charge >= 0.3 is 0 Å². The molecule has 2 rings (SSSR count). The van der Waals surface area contributed by atoms with Gasteiger partial charge in [-0.3, -0.25) is 0 Å². The number of nitrogens with one attached hydrogen (secondary N) is 1. The van der Waals surface area contributed by atoms with E-state index in [2.05, 4.69) is 10.3 Å². The summed E-state index contributed by atoms with van der Waals surface area (Å²) < 4.78 is 13.5. The normalized spacial score (nSPS) is 9.89. The summed E-state index contributed by atoms with van der Waals surface area (Å²) in [6.45, 7) is 0. The minimum atomic E-state index is -0.473. The van der Waals surface area contributed by atoms with Gasteiger partial charge in [-0.1, -0.05) is 23.2 Å². The van der Waals surface area contributed by atoms with E-state index in [1.165, 1.54) is 30.3 Å². The van der Waals surface area contributed by atoms with Crippen molar-refractivity contribution in [2.45, 2.75) is 0 Å².